The molecule has 0 fully saturated rings. The molecule has 0 saturated heterocycles. The van der Waals surface area contributed by atoms with Crippen molar-refractivity contribution in [1.82, 2.24) is 5.32 Å². The Bertz CT molecular complexity index is 1010. The lowest BCUT2D eigenvalue weighted by Gasteiger charge is -2.20. The Morgan fingerprint density at radius 3 is 2.45 bits per heavy atom. The Hall–Kier alpha value is -3.12. The summed E-state index contributed by atoms with van der Waals surface area (Å²) in [4.78, 5) is 13.8. The molecule has 1 atom stereocenters. The van der Waals surface area contributed by atoms with E-state index in [4.69, 9.17) is 14.2 Å². The van der Waals surface area contributed by atoms with E-state index in [0.717, 1.165) is 39.7 Å². The van der Waals surface area contributed by atoms with Gasteiger partial charge in [-0.1, -0.05) is 36.4 Å². The van der Waals surface area contributed by atoms with Crippen LogP contribution in [0.1, 0.15) is 11.1 Å². The van der Waals surface area contributed by atoms with Gasteiger partial charge in [0.15, 0.2) is 11.5 Å². The number of ether oxygens (including phenoxy) is 3. The van der Waals surface area contributed by atoms with Gasteiger partial charge in [-0.25, -0.2) is 0 Å². The smallest absolute Gasteiger partial charge is 0.231 e. The van der Waals surface area contributed by atoms with Gasteiger partial charge in [0.1, 0.15) is 5.75 Å². The second-order valence-corrected chi connectivity index (χ2v) is 8.36. The summed E-state index contributed by atoms with van der Waals surface area (Å²) < 4.78 is 16.2. The van der Waals surface area contributed by atoms with Crippen molar-refractivity contribution in [3.8, 4) is 17.2 Å². The number of benzene rings is 3. The molecule has 1 N–H and O–H groups in total. The van der Waals surface area contributed by atoms with Crippen molar-refractivity contribution in [2.24, 2.45) is 0 Å². The number of carbonyl (C=O) groups excluding carboxylic acids is 1. The quantitative estimate of drug-likeness (QED) is 0.502. The van der Waals surface area contributed by atoms with Crippen LogP contribution in [0.15, 0.2) is 77.7 Å². The highest BCUT2D eigenvalue weighted by Crippen LogP contribution is 2.33. The van der Waals surface area contributed by atoms with Crippen LogP contribution in [0.2, 0.25) is 0 Å². The maximum Gasteiger partial charge on any atom is 0.231 e. The molecule has 4 rings (SSSR count). The number of hydrogen-bond acceptors (Lipinski definition) is 5. The fourth-order valence-corrected chi connectivity index (χ4v) is 4.24. The van der Waals surface area contributed by atoms with Gasteiger partial charge in [-0.2, -0.15) is 0 Å². The third-order valence-corrected chi connectivity index (χ3v) is 6.05. The molecule has 0 spiro atoms. The molecule has 0 radical (unpaired) electrons. The fraction of sp³-hybridized carbons (Fsp3) is 0.240. The van der Waals surface area contributed by atoms with E-state index < -0.39 is 0 Å². The zero-order valence-corrected chi connectivity index (χ0v) is 18.2. The monoisotopic (exact) mass is 435 g/mol. The molecule has 0 aromatic heterocycles. The van der Waals surface area contributed by atoms with Gasteiger partial charge in [0.05, 0.1) is 12.9 Å². The SMILES string of the molecule is COc1ccc(C[C@@H](Cc2ccc3c(c2)OCO3)NC(=O)CSc2ccccc2)cc1. The molecule has 1 amide bonds. The minimum Gasteiger partial charge on any atom is -0.497 e. The first-order valence-corrected chi connectivity index (χ1v) is 11.2. The average Bonchev–Trinajstić information content (AvgIpc) is 3.27. The number of fused-ring (bicyclic) bond motifs is 1. The molecule has 1 aliphatic heterocycles. The molecule has 0 saturated carbocycles. The van der Waals surface area contributed by atoms with Crippen LogP contribution in [0.25, 0.3) is 0 Å². The molecule has 31 heavy (non-hydrogen) atoms. The van der Waals surface area contributed by atoms with Gasteiger partial charge >= 0.3 is 0 Å². The van der Waals surface area contributed by atoms with Crippen molar-refractivity contribution in [2.45, 2.75) is 23.8 Å². The number of rotatable bonds is 9. The Labute approximate surface area is 186 Å². The Morgan fingerprint density at radius 2 is 1.68 bits per heavy atom. The number of carbonyl (C=O) groups is 1. The fourth-order valence-electron chi connectivity index (χ4n) is 3.51. The highest BCUT2D eigenvalue weighted by atomic mass is 32.2. The molecule has 3 aromatic rings. The van der Waals surface area contributed by atoms with E-state index in [1.54, 1.807) is 7.11 Å². The van der Waals surface area contributed by atoms with Crippen molar-refractivity contribution in [1.29, 1.82) is 0 Å². The van der Waals surface area contributed by atoms with Gasteiger partial charge in [-0.15, -0.1) is 11.8 Å². The third-order valence-electron chi connectivity index (χ3n) is 5.04. The van der Waals surface area contributed by atoms with Gasteiger partial charge < -0.3 is 19.5 Å². The molecule has 1 aliphatic rings. The van der Waals surface area contributed by atoms with Crippen molar-refractivity contribution >= 4 is 17.7 Å². The molecule has 1 heterocycles. The van der Waals surface area contributed by atoms with Crippen molar-refractivity contribution in [3.63, 3.8) is 0 Å². The lowest BCUT2D eigenvalue weighted by atomic mass is 9.98. The topological polar surface area (TPSA) is 56.8 Å². The van der Waals surface area contributed by atoms with Gasteiger partial charge in [0.25, 0.3) is 0 Å². The van der Waals surface area contributed by atoms with E-state index >= 15 is 0 Å². The predicted octanol–water partition coefficient (Wildman–Crippen LogP) is 4.49. The molecule has 6 heteroatoms. The maximum atomic E-state index is 12.7. The third kappa shape index (κ3) is 5.95. The first-order chi connectivity index (χ1) is 15.2. The van der Waals surface area contributed by atoms with Crippen LogP contribution in [-0.4, -0.2) is 31.6 Å². The molecule has 0 unspecified atom stereocenters. The summed E-state index contributed by atoms with van der Waals surface area (Å²) in [5.74, 6) is 2.74. The van der Waals surface area contributed by atoms with Crippen LogP contribution >= 0.6 is 11.8 Å². The van der Waals surface area contributed by atoms with Crippen LogP contribution in [-0.2, 0) is 17.6 Å². The van der Waals surface area contributed by atoms with E-state index in [-0.39, 0.29) is 18.7 Å². The van der Waals surface area contributed by atoms with E-state index in [1.807, 2.05) is 72.8 Å². The van der Waals surface area contributed by atoms with Crippen LogP contribution < -0.4 is 19.5 Å². The lowest BCUT2D eigenvalue weighted by molar-refractivity contribution is -0.119. The summed E-state index contributed by atoms with van der Waals surface area (Å²) in [5, 5.41) is 3.22. The number of nitrogens with one attached hydrogen (secondary N) is 1. The second kappa shape index (κ2) is 10.3. The highest BCUT2D eigenvalue weighted by molar-refractivity contribution is 8.00. The summed E-state index contributed by atoms with van der Waals surface area (Å²) in [6.07, 6.45) is 1.42. The predicted molar refractivity (Wildman–Crippen MR) is 122 cm³/mol. The molecule has 160 valence electrons. The summed E-state index contributed by atoms with van der Waals surface area (Å²) in [6.45, 7) is 0.251. The van der Waals surface area contributed by atoms with E-state index in [1.165, 1.54) is 11.8 Å². The van der Waals surface area contributed by atoms with Crippen LogP contribution in [0.4, 0.5) is 0 Å². The zero-order valence-electron chi connectivity index (χ0n) is 17.4. The Morgan fingerprint density at radius 1 is 0.968 bits per heavy atom. The molecule has 5 nitrogen and oxygen atoms in total. The lowest BCUT2D eigenvalue weighted by Crippen LogP contribution is -2.39. The zero-order chi connectivity index (χ0) is 21.5. The average molecular weight is 436 g/mol. The number of hydrogen-bond donors (Lipinski definition) is 1. The van der Waals surface area contributed by atoms with E-state index in [0.29, 0.717) is 12.2 Å². The highest BCUT2D eigenvalue weighted by Gasteiger charge is 2.18. The summed E-state index contributed by atoms with van der Waals surface area (Å²) in [6, 6.07) is 23.8. The number of methoxy groups -OCH3 is 1. The normalized spacial score (nSPS) is 12.9. The standard InChI is InChI=1S/C25H25NO4S/c1-28-21-10-7-18(8-11-21)13-20(14-19-9-12-23-24(15-19)30-17-29-23)26-25(27)16-31-22-5-3-2-4-6-22/h2-12,15,20H,13-14,16-17H2,1H3,(H,26,27)/t20-/m0/s1. The molecule has 0 aliphatic carbocycles. The largest absolute Gasteiger partial charge is 0.497 e. The molecular formula is C25H25NO4S. The first kappa shape index (κ1) is 21.1. The van der Waals surface area contributed by atoms with Crippen molar-refractivity contribution in [2.75, 3.05) is 19.7 Å². The second-order valence-electron chi connectivity index (χ2n) is 7.31. The van der Waals surface area contributed by atoms with Gasteiger partial charge in [-0.05, 0) is 60.4 Å². The van der Waals surface area contributed by atoms with E-state index in [9.17, 15) is 4.79 Å². The minimum atomic E-state index is -0.0439. The first-order valence-electron chi connectivity index (χ1n) is 10.2. The Balaban J connectivity index is 1.43. The summed E-state index contributed by atoms with van der Waals surface area (Å²) in [7, 11) is 1.65. The molecular weight excluding hydrogens is 410 g/mol. The van der Waals surface area contributed by atoms with Gasteiger partial charge in [0.2, 0.25) is 12.7 Å². The number of thioether (sulfide) groups is 1. The number of amides is 1. The van der Waals surface area contributed by atoms with Gasteiger partial charge in [0, 0.05) is 10.9 Å². The summed E-state index contributed by atoms with van der Waals surface area (Å²) >= 11 is 1.54. The van der Waals surface area contributed by atoms with Crippen LogP contribution in [0, 0.1) is 0 Å². The van der Waals surface area contributed by atoms with Crippen LogP contribution in [0.3, 0.4) is 0 Å². The van der Waals surface area contributed by atoms with E-state index in [2.05, 4.69) is 5.32 Å². The minimum absolute atomic E-state index is 0.0214. The van der Waals surface area contributed by atoms with Crippen LogP contribution in [0.5, 0.6) is 17.2 Å². The Kier molecular flexibility index (Phi) is 6.99. The summed E-state index contributed by atoms with van der Waals surface area (Å²) in [5.41, 5.74) is 2.24. The molecule has 0 bridgehead atoms. The van der Waals surface area contributed by atoms with Gasteiger partial charge in [-0.3, -0.25) is 4.79 Å². The van der Waals surface area contributed by atoms with Crippen molar-refractivity contribution in [3.05, 3.63) is 83.9 Å². The van der Waals surface area contributed by atoms with Crippen molar-refractivity contribution < 1.29 is 19.0 Å². The molecule has 3 aromatic carbocycles. The maximum absolute atomic E-state index is 12.7.